The lowest BCUT2D eigenvalue weighted by molar-refractivity contribution is 0.0924. The average molecular weight is 473 g/mol. The number of carbonyl (C=O) groups excluding carboxylic acids is 1. The molecular formula is C16H11Cl2IN4O. The highest BCUT2D eigenvalue weighted by Gasteiger charge is 2.21. The Morgan fingerprint density at radius 3 is 2.88 bits per heavy atom. The molecule has 1 aromatic heterocycles. The standard InChI is InChI=1S/C16H11Cl2IN4O/c17-10-2-1-9(7-11(10)18)15-19-4-3-12(21-15)13-8-14-16(24)20-5-6-23(14)22-13/h1-4,7-8H,5-6H2,(H,20,24). The molecule has 8 heteroatoms. The van der Waals surface area contributed by atoms with Crippen LogP contribution in [-0.4, -0.2) is 31.6 Å². The fourth-order valence-electron chi connectivity index (χ4n) is 2.47. The molecule has 0 saturated heterocycles. The first-order chi connectivity index (χ1) is 11.6. The summed E-state index contributed by atoms with van der Waals surface area (Å²) < 4.78 is 4.87. The molecule has 5 nitrogen and oxygen atoms in total. The van der Waals surface area contributed by atoms with Gasteiger partial charge >= 0.3 is 0 Å². The largest absolute Gasteiger partial charge is 0.349 e. The molecule has 2 aromatic rings. The fourth-order valence-corrected chi connectivity index (χ4v) is 4.73. The third-order valence-electron chi connectivity index (χ3n) is 3.65. The summed E-state index contributed by atoms with van der Waals surface area (Å²) in [5.74, 6) is -0.0958. The predicted octanol–water partition coefficient (Wildman–Crippen LogP) is 3.40. The first kappa shape index (κ1) is 16.0. The second-order valence-electron chi connectivity index (χ2n) is 5.21. The maximum atomic E-state index is 11.9. The molecule has 24 heavy (non-hydrogen) atoms. The quantitative estimate of drug-likeness (QED) is 0.681. The van der Waals surface area contributed by atoms with Gasteiger partial charge in [-0.3, -0.25) is 9.48 Å². The van der Waals surface area contributed by atoms with Gasteiger partial charge in [-0.15, -0.1) is 0 Å². The number of nitrogens with zero attached hydrogens (tertiary/aromatic N) is 3. The van der Waals surface area contributed by atoms with E-state index in [4.69, 9.17) is 28.2 Å². The van der Waals surface area contributed by atoms with Gasteiger partial charge in [0.2, 0.25) is 0 Å². The van der Waals surface area contributed by atoms with Gasteiger partial charge in [0.1, 0.15) is 15.0 Å². The molecule has 0 spiro atoms. The van der Waals surface area contributed by atoms with Gasteiger partial charge < -0.3 is 5.32 Å². The molecule has 1 amide bonds. The number of fused-ring (bicyclic) bond motifs is 1. The van der Waals surface area contributed by atoms with Crippen LogP contribution in [0.25, 0.3) is 0 Å². The SMILES string of the molecule is O=C1NCCn2nc(C3=NC(c4ccc(Cl)c(Cl)c4)=IC=C3)cc21. The molecule has 1 aromatic carbocycles. The molecule has 0 bridgehead atoms. The lowest BCUT2D eigenvalue weighted by Crippen LogP contribution is -2.35. The van der Waals surface area contributed by atoms with Crippen molar-refractivity contribution in [1.82, 2.24) is 15.1 Å². The van der Waals surface area contributed by atoms with E-state index in [1.54, 1.807) is 16.8 Å². The van der Waals surface area contributed by atoms with Gasteiger partial charge in [0.05, 0.1) is 22.3 Å². The smallest absolute Gasteiger partial charge is 0.269 e. The van der Waals surface area contributed by atoms with Crippen LogP contribution in [0.5, 0.6) is 0 Å². The van der Waals surface area contributed by atoms with Crippen LogP contribution in [0, 0.1) is 0 Å². The Labute approximate surface area is 158 Å². The summed E-state index contributed by atoms with van der Waals surface area (Å²) >= 11 is 11.8. The molecule has 3 heterocycles. The van der Waals surface area contributed by atoms with E-state index in [0.717, 1.165) is 14.9 Å². The topological polar surface area (TPSA) is 59.3 Å². The van der Waals surface area contributed by atoms with Crippen LogP contribution in [0.2, 0.25) is 10.0 Å². The van der Waals surface area contributed by atoms with Crippen LogP contribution < -0.4 is 5.32 Å². The number of hydrogen-bond acceptors (Lipinski definition) is 3. The molecule has 0 aliphatic carbocycles. The third-order valence-corrected chi connectivity index (χ3v) is 6.56. The van der Waals surface area contributed by atoms with E-state index < -0.39 is 0 Å². The van der Waals surface area contributed by atoms with Gasteiger partial charge in [0.15, 0.2) is 0 Å². The minimum atomic E-state index is -0.344. The van der Waals surface area contributed by atoms with Crippen LogP contribution in [0.3, 0.4) is 0 Å². The summed E-state index contributed by atoms with van der Waals surface area (Å²) in [6.45, 7) is 1.27. The van der Waals surface area contributed by atoms with Gasteiger partial charge in [-0.1, -0.05) is 50.0 Å². The van der Waals surface area contributed by atoms with Crippen molar-refractivity contribution in [2.75, 3.05) is 6.54 Å². The zero-order valence-corrected chi connectivity index (χ0v) is 15.9. The molecule has 0 radical (unpaired) electrons. The number of allylic oxidation sites excluding steroid dienone is 1. The van der Waals surface area contributed by atoms with E-state index in [0.29, 0.717) is 34.5 Å². The van der Waals surface area contributed by atoms with Gasteiger partial charge in [0, 0.05) is 12.1 Å². The molecule has 0 atom stereocenters. The van der Waals surface area contributed by atoms with Gasteiger partial charge in [-0.05, 0) is 28.4 Å². The molecule has 4 rings (SSSR count). The van der Waals surface area contributed by atoms with Crippen LogP contribution in [0.4, 0.5) is 0 Å². The molecule has 122 valence electrons. The highest BCUT2D eigenvalue weighted by atomic mass is 127. The van der Waals surface area contributed by atoms with Crippen molar-refractivity contribution in [3.63, 3.8) is 0 Å². The lowest BCUT2D eigenvalue weighted by atomic mass is 10.2. The minimum absolute atomic E-state index is 0.0958. The monoisotopic (exact) mass is 472 g/mol. The Kier molecular flexibility index (Phi) is 4.28. The minimum Gasteiger partial charge on any atom is -0.349 e. The highest BCUT2D eigenvalue weighted by molar-refractivity contribution is 14.2. The van der Waals surface area contributed by atoms with Crippen molar-refractivity contribution < 1.29 is 4.79 Å². The number of hydrogen-bond donors (Lipinski definition) is 1. The van der Waals surface area contributed by atoms with Crippen LogP contribution >= 0.6 is 43.9 Å². The van der Waals surface area contributed by atoms with Gasteiger partial charge in [0.25, 0.3) is 5.91 Å². The maximum Gasteiger partial charge on any atom is 0.269 e. The number of carbonyl (C=O) groups is 1. The number of rotatable bonds is 2. The Hall–Kier alpha value is -1.51. The Bertz CT molecular complexity index is 946. The fraction of sp³-hybridized carbons (Fsp3) is 0.125. The Morgan fingerprint density at radius 1 is 1.21 bits per heavy atom. The van der Waals surface area contributed by atoms with Crippen LogP contribution in [0.1, 0.15) is 21.7 Å². The first-order valence-corrected chi connectivity index (χ1v) is 10.3. The summed E-state index contributed by atoms with van der Waals surface area (Å²) in [6.07, 6.45) is 1.97. The van der Waals surface area contributed by atoms with Crippen molar-refractivity contribution in [2.45, 2.75) is 6.54 Å². The van der Waals surface area contributed by atoms with E-state index in [9.17, 15) is 4.79 Å². The lowest BCUT2D eigenvalue weighted by Gasteiger charge is -2.13. The average Bonchev–Trinajstić information content (AvgIpc) is 3.03. The maximum absolute atomic E-state index is 11.9. The predicted molar refractivity (Wildman–Crippen MR) is 105 cm³/mol. The number of nitrogens with one attached hydrogen (secondary N) is 1. The molecular weight excluding hydrogens is 462 g/mol. The number of amides is 1. The van der Waals surface area contributed by atoms with Crippen LogP contribution in [0.15, 0.2) is 39.4 Å². The highest BCUT2D eigenvalue weighted by Crippen LogP contribution is 2.26. The summed E-state index contributed by atoms with van der Waals surface area (Å²) in [5.41, 5.74) is 3.01. The van der Waals surface area contributed by atoms with Crippen molar-refractivity contribution in [3.8, 4) is 0 Å². The van der Waals surface area contributed by atoms with Crippen molar-refractivity contribution in [3.05, 3.63) is 61.4 Å². The molecule has 2 aliphatic heterocycles. The van der Waals surface area contributed by atoms with E-state index >= 15 is 0 Å². The number of aliphatic imine (C=N–C) groups is 1. The Morgan fingerprint density at radius 2 is 2.08 bits per heavy atom. The molecule has 0 unspecified atom stereocenters. The number of halogens is 3. The molecule has 2 aliphatic rings. The van der Waals surface area contributed by atoms with E-state index in [-0.39, 0.29) is 26.6 Å². The molecule has 1 N–H and O–H groups in total. The van der Waals surface area contributed by atoms with Gasteiger partial charge in [-0.25, -0.2) is 4.99 Å². The van der Waals surface area contributed by atoms with E-state index in [1.165, 1.54) is 0 Å². The summed E-state index contributed by atoms with van der Waals surface area (Å²) in [5, 5.41) is 8.38. The third kappa shape index (κ3) is 2.94. The Balaban J connectivity index is 1.71. The number of benzene rings is 1. The summed E-state index contributed by atoms with van der Waals surface area (Å²) in [6, 6.07) is 7.33. The zero-order chi connectivity index (χ0) is 16.7. The normalized spacial score (nSPS) is 16.7. The molecule has 0 fully saturated rings. The second kappa shape index (κ2) is 6.42. The first-order valence-electron chi connectivity index (χ1n) is 7.19. The second-order valence-corrected chi connectivity index (χ2v) is 8.39. The van der Waals surface area contributed by atoms with Gasteiger partial charge in [-0.2, -0.15) is 5.10 Å². The number of aromatic nitrogens is 2. The van der Waals surface area contributed by atoms with Crippen molar-refractivity contribution in [2.24, 2.45) is 4.99 Å². The summed E-state index contributed by atoms with van der Waals surface area (Å²) in [4.78, 5) is 16.6. The van der Waals surface area contributed by atoms with Crippen molar-refractivity contribution in [1.29, 1.82) is 0 Å². The van der Waals surface area contributed by atoms with Crippen LogP contribution in [-0.2, 0) is 6.54 Å². The molecule has 0 saturated carbocycles. The zero-order valence-electron chi connectivity index (χ0n) is 12.3. The summed E-state index contributed by atoms with van der Waals surface area (Å²) in [7, 11) is 0. The van der Waals surface area contributed by atoms with E-state index in [1.807, 2.05) is 18.2 Å². The van der Waals surface area contributed by atoms with E-state index in [2.05, 4.69) is 14.5 Å². The van der Waals surface area contributed by atoms with Crippen molar-refractivity contribution >= 4 is 59.2 Å².